The number of aromatic nitrogens is 2. The predicted octanol–water partition coefficient (Wildman–Crippen LogP) is 3.47. The molecule has 1 aromatic carbocycles. The summed E-state index contributed by atoms with van der Waals surface area (Å²) >= 11 is 6.09. The zero-order chi connectivity index (χ0) is 16.9. The van der Waals surface area contributed by atoms with Crippen molar-refractivity contribution in [3.05, 3.63) is 40.9 Å². The van der Waals surface area contributed by atoms with Crippen LogP contribution in [0.2, 0.25) is 5.02 Å². The predicted molar refractivity (Wildman–Crippen MR) is 112 cm³/mol. The number of nitrogens with zero attached hydrogens (tertiary/aromatic N) is 3. The molecule has 0 saturated heterocycles. The first-order valence-corrected chi connectivity index (χ1v) is 8.49. The molecular weight excluding hydrogens is 453 g/mol. The largest absolute Gasteiger partial charge is 0.495 e. The minimum Gasteiger partial charge on any atom is -0.495 e. The Labute approximate surface area is 169 Å². The third-order valence-electron chi connectivity index (χ3n) is 4.03. The smallest absolute Gasteiger partial charge is 0.193 e. The van der Waals surface area contributed by atoms with E-state index in [1.165, 1.54) is 18.7 Å². The summed E-state index contributed by atoms with van der Waals surface area (Å²) in [6.07, 6.45) is 6.46. The zero-order valence-corrected chi connectivity index (χ0v) is 17.3. The third kappa shape index (κ3) is 5.24. The molecule has 6 nitrogen and oxygen atoms in total. The van der Waals surface area contributed by atoms with Gasteiger partial charge in [-0.15, -0.1) is 24.0 Å². The first kappa shape index (κ1) is 19.8. The number of nitrogens with two attached hydrogens (primary N) is 1. The molecule has 1 aromatic heterocycles. The van der Waals surface area contributed by atoms with E-state index < -0.39 is 0 Å². The molecule has 25 heavy (non-hydrogen) atoms. The van der Waals surface area contributed by atoms with Crippen LogP contribution in [0.4, 0.5) is 5.69 Å². The second-order valence-electron chi connectivity index (χ2n) is 5.79. The summed E-state index contributed by atoms with van der Waals surface area (Å²) in [6.45, 7) is 1.67. The van der Waals surface area contributed by atoms with E-state index in [4.69, 9.17) is 22.1 Å². The summed E-state index contributed by atoms with van der Waals surface area (Å²) < 4.78 is 7.38. The third-order valence-corrected chi connectivity index (χ3v) is 4.33. The molecule has 8 heteroatoms. The summed E-state index contributed by atoms with van der Waals surface area (Å²) in [5.74, 6) is 2.18. The monoisotopic (exact) mass is 475 g/mol. The fourth-order valence-corrected chi connectivity index (χ4v) is 3.07. The Hall–Kier alpha value is -1.48. The topological polar surface area (TPSA) is 77.5 Å². The van der Waals surface area contributed by atoms with Crippen LogP contribution < -0.4 is 15.8 Å². The fraction of sp³-hybridized carbons (Fsp3) is 0.412. The molecule has 0 amide bonds. The van der Waals surface area contributed by atoms with E-state index in [0.29, 0.717) is 23.3 Å². The zero-order valence-electron chi connectivity index (χ0n) is 14.2. The van der Waals surface area contributed by atoms with Crippen molar-refractivity contribution < 1.29 is 4.74 Å². The summed E-state index contributed by atoms with van der Waals surface area (Å²) in [7, 11) is 1.58. The number of benzene rings is 1. The second-order valence-corrected chi connectivity index (χ2v) is 6.20. The Morgan fingerprint density at radius 2 is 2.28 bits per heavy atom. The van der Waals surface area contributed by atoms with Gasteiger partial charge in [0.05, 0.1) is 17.8 Å². The van der Waals surface area contributed by atoms with Crippen LogP contribution in [0.25, 0.3) is 0 Å². The maximum absolute atomic E-state index is 6.09. The molecule has 2 heterocycles. The van der Waals surface area contributed by atoms with Crippen molar-refractivity contribution in [1.29, 1.82) is 0 Å². The van der Waals surface area contributed by atoms with Crippen LogP contribution in [-0.2, 0) is 19.4 Å². The van der Waals surface area contributed by atoms with Gasteiger partial charge < -0.3 is 20.4 Å². The first-order valence-electron chi connectivity index (χ1n) is 8.11. The number of imidazole rings is 1. The number of guanidine groups is 1. The molecule has 2 aromatic rings. The molecular formula is C17H23ClIN5O. The highest BCUT2D eigenvalue weighted by Gasteiger charge is 2.11. The Bertz CT molecular complexity index is 723. The van der Waals surface area contributed by atoms with Crippen LogP contribution in [0.15, 0.2) is 29.4 Å². The summed E-state index contributed by atoms with van der Waals surface area (Å²) in [5.41, 5.74) is 7.78. The molecule has 0 bridgehead atoms. The molecule has 136 valence electrons. The lowest BCUT2D eigenvalue weighted by Crippen LogP contribution is -2.23. The number of hydrogen-bond acceptors (Lipinski definition) is 3. The summed E-state index contributed by atoms with van der Waals surface area (Å²) in [4.78, 5) is 9.02. The van der Waals surface area contributed by atoms with Gasteiger partial charge in [0, 0.05) is 37.8 Å². The van der Waals surface area contributed by atoms with Crippen molar-refractivity contribution in [3.63, 3.8) is 0 Å². The van der Waals surface area contributed by atoms with Crippen LogP contribution in [0, 0.1) is 0 Å². The fourth-order valence-electron chi connectivity index (χ4n) is 2.81. The molecule has 0 unspecified atom stereocenters. The van der Waals surface area contributed by atoms with Gasteiger partial charge in [0.25, 0.3) is 0 Å². The van der Waals surface area contributed by atoms with Gasteiger partial charge in [-0.1, -0.05) is 11.6 Å². The van der Waals surface area contributed by atoms with Crippen LogP contribution in [0.3, 0.4) is 0 Å². The quantitative estimate of drug-likeness (QED) is 0.394. The molecule has 0 saturated carbocycles. The number of aliphatic imine (C=N–C) groups is 1. The molecule has 1 aliphatic rings. The van der Waals surface area contributed by atoms with Crippen LogP contribution in [0.5, 0.6) is 5.75 Å². The highest BCUT2D eigenvalue weighted by Crippen LogP contribution is 2.27. The van der Waals surface area contributed by atoms with E-state index in [9.17, 15) is 0 Å². The number of aryl methyl sites for hydroxylation is 2. The molecule has 1 aliphatic heterocycles. The average Bonchev–Trinajstić information content (AvgIpc) is 2.97. The number of methoxy groups -OCH3 is 1. The van der Waals surface area contributed by atoms with Gasteiger partial charge in [0.2, 0.25) is 0 Å². The van der Waals surface area contributed by atoms with Gasteiger partial charge in [-0.25, -0.2) is 4.98 Å². The minimum atomic E-state index is 0. The lowest BCUT2D eigenvalue weighted by Gasteiger charge is -2.11. The lowest BCUT2D eigenvalue weighted by atomic mass is 10.2. The Morgan fingerprint density at radius 3 is 3.00 bits per heavy atom. The maximum Gasteiger partial charge on any atom is 0.193 e. The number of ether oxygens (including phenoxy) is 1. The average molecular weight is 476 g/mol. The number of nitrogens with one attached hydrogen (secondary N) is 1. The number of halogens is 2. The number of rotatable bonds is 5. The van der Waals surface area contributed by atoms with Crippen molar-refractivity contribution in [2.75, 3.05) is 19.0 Å². The van der Waals surface area contributed by atoms with Crippen LogP contribution >= 0.6 is 35.6 Å². The Kier molecular flexibility index (Phi) is 7.37. The van der Waals surface area contributed by atoms with Crippen molar-refractivity contribution in [2.24, 2.45) is 10.7 Å². The summed E-state index contributed by atoms with van der Waals surface area (Å²) in [5, 5.41) is 3.56. The van der Waals surface area contributed by atoms with Gasteiger partial charge in [0.15, 0.2) is 5.96 Å². The highest BCUT2D eigenvalue weighted by atomic mass is 127. The highest BCUT2D eigenvalue weighted by molar-refractivity contribution is 14.0. The Morgan fingerprint density at radius 1 is 1.44 bits per heavy atom. The van der Waals surface area contributed by atoms with Crippen LogP contribution in [-0.4, -0.2) is 29.2 Å². The molecule has 3 N–H and O–H groups in total. The van der Waals surface area contributed by atoms with Crippen LogP contribution in [0.1, 0.15) is 24.4 Å². The lowest BCUT2D eigenvalue weighted by molar-refractivity contribution is 0.415. The van der Waals surface area contributed by atoms with E-state index in [2.05, 4.69) is 26.1 Å². The molecule has 0 fully saturated rings. The normalized spacial score (nSPS) is 13.8. The standard InChI is InChI=1S/C17H22ClN5O.HI/c1-24-15-6-5-12(10-14(15)18)22-17(19)20-8-7-13-11-23-9-3-2-4-16(23)21-13;/h5-6,10-11H,2-4,7-9H2,1H3,(H3,19,20,22);1H. The first-order chi connectivity index (χ1) is 11.7. The van der Waals surface area contributed by atoms with Crippen molar-refractivity contribution in [3.8, 4) is 5.75 Å². The van der Waals surface area contributed by atoms with Gasteiger partial charge in [-0.3, -0.25) is 4.99 Å². The van der Waals surface area contributed by atoms with Gasteiger partial charge in [-0.05, 0) is 31.0 Å². The number of hydrogen-bond donors (Lipinski definition) is 2. The molecule has 0 spiro atoms. The minimum absolute atomic E-state index is 0. The number of anilines is 1. The van der Waals surface area contributed by atoms with Gasteiger partial charge in [-0.2, -0.15) is 0 Å². The van der Waals surface area contributed by atoms with E-state index in [0.717, 1.165) is 30.8 Å². The SMILES string of the molecule is COc1ccc(NC(N)=NCCc2cn3c(n2)CCCC3)cc1Cl.I. The van der Waals surface area contributed by atoms with E-state index in [1.54, 1.807) is 19.2 Å². The van der Waals surface area contributed by atoms with E-state index in [1.807, 2.05) is 6.07 Å². The van der Waals surface area contributed by atoms with Gasteiger partial charge in [0.1, 0.15) is 11.6 Å². The van der Waals surface area contributed by atoms with E-state index >= 15 is 0 Å². The van der Waals surface area contributed by atoms with E-state index in [-0.39, 0.29) is 24.0 Å². The molecule has 3 rings (SSSR count). The Balaban J connectivity index is 0.00000225. The summed E-state index contributed by atoms with van der Waals surface area (Å²) in [6, 6.07) is 5.39. The number of fused-ring (bicyclic) bond motifs is 1. The maximum atomic E-state index is 6.09. The van der Waals surface area contributed by atoms with Crippen molar-refractivity contribution >= 4 is 47.2 Å². The molecule has 0 radical (unpaired) electrons. The molecule has 0 atom stereocenters. The second kappa shape index (κ2) is 9.28. The molecule has 0 aliphatic carbocycles. The van der Waals surface area contributed by atoms with Gasteiger partial charge >= 0.3 is 0 Å². The van der Waals surface area contributed by atoms with Crippen molar-refractivity contribution in [2.45, 2.75) is 32.2 Å². The van der Waals surface area contributed by atoms with Crippen molar-refractivity contribution in [1.82, 2.24) is 9.55 Å².